The molecular weight excluding hydrogens is 418 g/mol. The zero-order chi connectivity index (χ0) is 22.7. The Labute approximate surface area is 184 Å². The average Bonchev–Trinajstić information content (AvgIpc) is 2.69. The van der Waals surface area contributed by atoms with E-state index in [1.54, 1.807) is 44.2 Å². The summed E-state index contributed by atoms with van der Waals surface area (Å²) in [7, 11) is -3.84. The first kappa shape index (κ1) is 23.5. The molecule has 0 aromatic heterocycles. The highest BCUT2D eigenvalue weighted by Crippen LogP contribution is 2.34. The molecule has 0 bridgehead atoms. The third-order valence-corrected chi connectivity index (χ3v) is 6.30. The number of nitrogens with zero attached hydrogens (tertiary/aromatic N) is 2. The maximum atomic E-state index is 13.0. The van der Waals surface area contributed by atoms with Crippen LogP contribution >= 0.6 is 11.6 Å². The van der Waals surface area contributed by atoms with Gasteiger partial charge in [0.15, 0.2) is 0 Å². The molecule has 0 aliphatic carbocycles. The number of hydrogen-bond acceptors (Lipinski definition) is 4. The number of terminal acetylenes is 1. The minimum Gasteiger partial charge on any atom is -0.277 e. The number of allylic oxidation sites excluding steroid dienone is 2. The highest BCUT2D eigenvalue weighted by Gasteiger charge is 2.21. The lowest BCUT2D eigenvalue weighted by Gasteiger charge is -2.24. The standard InChI is InChI=1S/C23H26ClN3O2S/c1-8-16(2)17(3)27(25-7)22-15-19(24)11-14-21(22)26-30(28,29)20-12-9-18(10-13-20)23(4,5)6/h1,9-15,26H,7H2,2-6H3/b17-16+. The Morgan fingerprint density at radius 2 is 1.77 bits per heavy atom. The Morgan fingerprint density at radius 3 is 2.27 bits per heavy atom. The van der Waals surface area contributed by atoms with Gasteiger partial charge in [0.1, 0.15) is 0 Å². The number of benzene rings is 2. The van der Waals surface area contributed by atoms with E-state index < -0.39 is 10.0 Å². The molecule has 0 spiro atoms. The first-order chi connectivity index (χ1) is 13.9. The van der Waals surface area contributed by atoms with Crippen LogP contribution < -0.4 is 9.73 Å². The summed E-state index contributed by atoms with van der Waals surface area (Å²) >= 11 is 6.16. The van der Waals surface area contributed by atoms with Crippen LogP contribution in [0.2, 0.25) is 5.02 Å². The third-order valence-electron chi connectivity index (χ3n) is 4.68. The van der Waals surface area contributed by atoms with Gasteiger partial charge in [-0.1, -0.05) is 50.4 Å². The largest absolute Gasteiger partial charge is 0.277 e. The molecule has 0 saturated carbocycles. The van der Waals surface area contributed by atoms with Crippen molar-refractivity contribution < 1.29 is 8.42 Å². The Balaban J connectivity index is 2.51. The summed E-state index contributed by atoms with van der Waals surface area (Å²) in [6, 6.07) is 11.6. The van der Waals surface area contributed by atoms with E-state index in [9.17, 15) is 8.42 Å². The van der Waals surface area contributed by atoms with Crippen LogP contribution in [-0.4, -0.2) is 15.1 Å². The fourth-order valence-corrected chi connectivity index (χ4v) is 3.97. The normalized spacial score (nSPS) is 12.6. The first-order valence-electron chi connectivity index (χ1n) is 9.24. The fraction of sp³-hybridized carbons (Fsp3) is 0.261. The summed E-state index contributed by atoms with van der Waals surface area (Å²) in [5.41, 5.74) is 2.95. The number of hydrazone groups is 1. The number of hydrogen-bond donors (Lipinski definition) is 1. The van der Waals surface area contributed by atoms with Gasteiger partial charge in [0.05, 0.1) is 22.0 Å². The molecule has 2 aromatic carbocycles. The van der Waals surface area contributed by atoms with Gasteiger partial charge in [-0.2, -0.15) is 5.10 Å². The van der Waals surface area contributed by atoms with E-state index >= 15 is 0 Å². The lowest BCUT2D eigenvalue weighted by atomic mass is 9.87. The molecule has 7 heteroatoms. The SMILES string of the molecule is C#C/C(C)=C(\C)N(N=C)c1cc(Cl)ccc1NS(=O)(=O)c1ccc(C(C)(C)C)cc1. The monoisotopic (exact) mass is 443 g/mol. The van der Waals surface area contributed by atoms with Crippen molar-refractivity contribution in [2.75, 3.05) is 9.73 Å². The molecule has 5 nitrogen and oxygen atoms in total. The minimum atomic E-state index is -3.84. The fourth-order valence-electron chi connectivity index (χ4n) is 2.73. The first-order valence-corrected chi connectivity index (χ1v) is 11.1. The molecule has 2 rings (SSSR count). The highest BCUT2D eigenvalue weighted by atomic mass is 35.5. The van der Waals surface area contributed by atoms with Gasteiger partial charge in [-0.25, -0.2) is 13.4 Å². The van der Waals surface area contributed by atoms with E-state index in [1.807, 2.05) is 12.1 Å². The Bertz CT molecular complexity index is 1120. The summed E-state index contributed by atoms with van der Waals surface area (Å²) in [6.07, 6.45) is 5.50. The minimum absolute atomic E-state index is 0.0754. The summed E-state index contributed by atoms with van der Waals surface area (Å²) in [4.78, 5) is 0.154. The van der Waals surface area contributed by atoms with Gasteiger partial charge in [0.2, 0.25) is 0 Å². The second-order valence-electron chi connectivity index (χ2n) is 7.85. The van der Waals surface area contributed by atoms with E-state index in [2.05, 4.69) is 43.2 Å². The molecular formula is C23H26ClN3O2S. The van der Waals surface area contributed by atoms with Gasteiger partial charge in [-0.15, -0.1) is 6.42 Å². The Kier molecular flexibility index (Phi) is 7.02. The van der Waals surface area contributed by atoms with Crippen molar-refractivity contribution in [1.82, 2.24) is 0 Å². The van der Waals surface area contributed by atoms with Crippen molar-refractivity contribution in [3.63, 3.8) is 0 Å². The number of anilines is 2. The van der Waals surface area contributed by atoms with Crippen molar-refractivity contribution in [2.24, 2.45) is 5.10 Å². The van der Waals surface area contributed by atoms with Crippen LogP contribution in [0.1, 0.15) is 40.2 Å². The van der Waals surface area contributed by atoms with Crippen LogP contribution in [0.25, 0.3) is 0 Å². The van der Waals surface area contributed by atoms with Gasteiger partial charge in [-0.3, -0.25) is 4.72 Å². The Morgan fingerprint density at radius 1 is 1.17 bits per heavy atom. The highest BCUT2D eigenvalue weighted by molar-refractivity contribution is 7.92. The number of halogens is 1. The second kappa shape index (κ2) is 8.95. The quantitative estimate of drug-likeness (QED) is 0.349. The summed E-state index contributed by atoms with van der Waals surface area (Å²) in [5.74, 6) is 2.55. The summed E-state index contributed by atoms with van der Waals surface area (Å²) in [5, 5.41) is 5.89. The van der Waals surface area contributed by atoms with Crippen molar-refractivity contribution in [3.05, 3.63) is 64.3 Å². The van der Waals surface area contributed by atoms with Gasteiger partial charge in [0, 0.05) is 17.3 Å². The zero-order valence-electron chi connectivity index (χ0n) is 17.8. The van der Waals surface area contributed by atoms with Crippen LogP contribution in [-0.2, 0) is 15.4 Å². The molecule has 1 N–H and O–H groups in total. The molecule has 0 aliphatic heterocycles. The number of nitrogens with one attached hydrogen (secondary N) is 1. The average molecular weight is 444 g/mol. The molecule has 0 unspecified atom stereocenters. The van der Waals surface area contributed by atoms with Crippen LogP contribution in [0.3, 0.4) is 0 Å². The van der Waals surface area contributed by atoms with Crippen LogP contribution in [0.15, 0.2) is 63.7 Å². The van der Waals surface area contributed by atoms with E-state index in [0.29, 0.717) is 27.7 Å². The van der Waals surface area contributed by atoms with Crippen molar-refractivity contribution in [1.29, 1.82) is 0 Å². The van der Waals surface area contributed by atoms with Crippen molar-refractivity contribution >= 4 is 39.7 Å². The molecule has 0 atom stereocenters. The predicted octanol–water partition coefficient (Wildman–Crippen LogP) is 5.79. The number of rotatable bonds is 6. The van der Waals surface area contributed by atoms with Crippen LogP contribution in [0.5, 0.6) is 0 Å². The van der Waals surface area contributed by atoms with E-state index in [4.69, 9.17) is 18.0 Å². The lowest BCUT2D eigenvalue weighted by Crippen LogP contribution is -2.19. The molecule has 158 valence electrons. The van der Waals surface area contributed by atoms with E-state index in [0.717, 1.165) is 5.56 Å². The molecule has 30 heavy (non-hydrogen) atoms. The third kappa shape index (κ3) is 5.24. The van der Waals surface area contributed by atoms with Gasteiger partial charge >= 0.3 is 0 Å². The van der Waals surface area contributed by atoms with E-state index in [1.165, 1.54) is 5.01 Å². The lowest BCUT2D eigenvalue weighted by molar-refractivity contribution is 0.587. The Hall–Kier alpha value is -2.75. The molecule has 0 fully saturated rings. The molecule has 0 aliphatic rings. The zero-order valence-corrected chi connectivity index (χ0v) is 19.4. The van der Waals surface area contributed by atoms with Gasteiger partial charge in [-0.05, 0) is 55.2 Å². The molecule has 0 heterocycles. The predicted molar refractivity (Wildman–Crippen MR) is 127 cm³/mol. The van der Waals surface area contributed by atoms with Crippen molar-refractivity contribution in [3.8, 4) is 12.3 Å². The van der Waals surface area contributed by atoms with Crippen LogP contribution in [0, 0.1) is 12.3 Å². The van der Waals surface area contributed by atoms with Gasteiger partial charge < -0.3 is 0 Å². The maximum absolute atomic E-state index is 13.0. The molecule has 0 saturated heterocycles. The van der Waals surface area contributed by atoms with Gasteiger partial charge in [0.25, 0.3) is 10.0 Å². The smallest absolute Gasteiger partial charge is 0.261 e. The van der Waals surface area contributed by atoms with Crippen LogP contribution in [0.4, 0.5) is 11.4 Å². The summed E-state index contributed by atoms with van der Waals surface area (Å²) < 4.78 is 28.7. The summed E-state index contributed by atoms with van der Waals surface area (Å²) in [6.45, 7) is 13.3. The second-order valence-corrected chi connectivity index (χ2v) is 9.97. The topological polar surface area (TPSA) is 61.8 Å². The van der Waals surface area contributed by atoms with Crippen molar-refractivity contribution in [2.45, 2.75) is 44.9 Å². The molecule has 2 aromatic rings. The molecule has 0 amide bonds. The van der Waals surface area contributed by atoms with E-state index in [-0.39, 0.29) is 10.3 Å². The number of sulfonamides is 1. The maximum Gasteiger partial charge on any atom is 0.261 e. The molecule has 0 radical (unpaired) electrons.